The van der Waals surface area contributed by atoms with Gasteiger partial charge in [-0.3, -0.25) is 23.8 Å². The zero-order chi connectivity index (χ0) is 22.5. The highest BCUT2D eigenvalue weighted by atomic mass is 32.2. The van der Waals surface area contributed by atoms with E-state index in [2.05, 4.69) is 4.98 Å². The van der Waals surface area contributed by atoms with Crippen molar-refractivity contribution >= 4 is 27.5 Å². The number of ether oxygens (including phenoxy) is 1. The number of anilines is 1. The third-order valence-corrected chi connectivity index (χ3v) is 7.24. The smallest absolute Gasteiger partial charge is 0.280 e. The normalized spacial score (nSPS) is 15.4. The number of nitrogens with zero attached hydrogens (tertiary/aromatic N) is 3. The first kappa shape index (κ1) is 20.1. The minimum atomic E-state index is -4.22. The number of rotatable bonds is 4. The predicted octanol–water partition coefficient (Wildman–Crippen LogP) is 2.60. The van der Waals surface area contributed by atoms with Crippen molar-refractivity contribution in [1.29, 1.82) is 0 Å². The molecule has 0 saturated heterocycles. The van der Waals surface area contributed by atoms with Crippen molar-refractivity contribution in [2.75, 3.05) is 17.5 Å². The highest BCUT2D eigenvalue weighted by Crippen LogP contribution is 2.36. The summed E-state index contributed by atoms with van der Waals surface area (Å²) in [6.07, 6.45) is 1.40. The Kier molecular flexibility index (Phi) is 4.66. The number of amides is 2. The number of sulfonamides is 1. The Morgan fingerprint density at radius 3 is 2.66 bits per heavy atom. The molecule has 0 radical (unpaired) electrons. The van der Waals surface area contributed by atoms with Crippen LogP contribution in [0.1, 0.15) is 26.4 Å². The lowest BCUT2D eigenvalue weighted by Gasteiger charge is -2.31. The fraction of sp³-hybridized carbons (Fsp3) is 0.136. The second-order valence-electron chi connectivity index (χ2n) is 7.24. The molecule has 0 N–H and O–H groups in total. The summed E-state index contributed by atoms with van der Waals surface area (Å²) < 4.78 is 48.0. The molecule has 3 heterocycles. The van der Waals surface area contributed by atoms with Crippen molar-refractivity contribution in [2.24, 2.45) is 0 Å². The van der Waals surface area contributed by atoms with E-state index in [-0.39, 0.29) is 41.4 Å². The predicted molar refractivity (Wildman–Crippen MR) is 111 cm³/mol. The van der Waals surface area contributed by atoms with Crippen LogP contribution in [0.4, 0.5) is 10.1 Å². The van der Waals surface area contributed by atoms with Gasteiger partial charge in [-0.25, -0.2) is 12.8 Å². The molecule has 0 aliphatic carbocycles. The molecule has 162 valence electrons. The Bertz CT molecular complexity index is 1340. The maximum Gasteiger partial charge on any atom is 0.280 e. The third kappa shape index (κ3) is 3.11. The van der Waals surface area contributed by atoms with E-state index >= 15 is 0 Å². The Hall–Kier alpha value is -3.79. The minimum Gasteiger partial charge on any atom is -0.489 e. The number of aromatic nitrogens is 1. The van der Waals surface area contributed by atoms with Crippen LogP contribution in [0, 0.1) is 5.82 Å². The third-order valence-electron chi connectivity index (χ3n) is 5.34. The summed E-state index contributed by atoms with van der Waals surface area (Å²) in [6.45, 7) is -0.175. The molecular formula is C22H16FN3O5S. The van der Waals surface area contributed by atoms with Crippen LogP contribution in [0.2, 0.25) is 0 Å². The zero-order valence-electron chi connectivity index (χ0n) is 16.6. The minimum absolute atomic E-state index is 0.00567. The molecule has 0 spiro atoms. The van der Waals surface area contributed by atoms with Gasteiger partial charge in [0.15, 0.2) is 0 Å². The van der Waals surface area contributed by atoms with E-state index in [1.54, 1.807) is 24.3 Å². The maximum atomic E-state index is 14.2. The topological polar surface area (TPSA) is 96.9 Å². The summed E-state index contributed by atoms with van der Waals surface area (Å²) >= 11 is 0. The van der Waals surface area contributed by atoms with Gasteiger partial charge in [0, 0.05) is 6.20 Å². The van der Waals surface area contributed by atoms with E-state index in [1.807, 2.05) is 0 Å². The van der Waals surface area contributed by atoms with Crippen LogP contribution >= 0.6 is 0 Å². The molecule has 3 aromatic rings. The standard InChI is InChI=1S/C22H16FN3O5S/c23-15-8-7-14(13-25-21(27)16-4-3-9-24-20(16)22(25)28)19(12-15)32(29,30)26-10-11-31-18-6-2-1-5-17(18)26/h1-9,12H,10-11,13H2. The Balaban J connectivity index is 1.56. The molecule has 0 saturated carbocycles. The van der Waals surface area contributed by atoms with Gasteiger partial charge in [0.05, 0.1) is 29.2 Å². The first-order chi connectivity index (χ1) is 15.4. The van der Waals surface area contributed by atoms with Crippen LogP contribution in [0.15, 0.2) is 65.7 Å². The largest absolute Gasteiger partial charge is 0.489 e. The molecule has 32 heavy (non-hydrogen) atoms. The quantitative estimate of drug-likeness (QED) is 0.564. The summed E-state index contributed by atoms with van der Waals surface area (Å²) in [5.41, 5.74) is 0.598. The summed E-state index contributed by atoms with van der Waals surface area (Å²) in [5.74, 6) is -1.57. The highest BCUT2D eigenvalue weighted by molar-refractivity contribution is 7.92. The molecule has 5 rings (SSSR count). The molecule has 0 unspecified atom stereocenters. The Morgan fingerprint density at radius 1 is 1.03 bits per heavy atom. The van der Waals surface area contributed by atoms with Crippen LogP contribution in [0.25, 0.3) is 0 Å². The van der Waals surface area contributed by atoms with Gasteiger partial charge in [-0.15, -0.1) is 0 Å². The lowest BCUT2D eigenvalue weighted by atomic mass is 10.2. The number of benzene rings is 2. The lowest BCUT2D eigenvalue weighted by molar-refractivity contribution is 0.0639. The summed E-state index contributed by atoms with van der Waals surface area (Å²) in [5, 5.41) is 0. The van der Waals surface area contributed by atoms with E-state index in [1.165, 1.54) is 24.4 Å². The number of carbonyl (C=O) groups is 2. The molecule has 0 fully saturated rings. The number of halogens is 1. The molecular weight excluding hydrogens is 437 g/mol. The monoisotopic (exact) mass is 453 g/mol. The Labute approximate surface area is 182 Å². The van der Waals surface area contributed by atoms with Gasteiger partial charge in [0.2, 0.25) is 0 Å². The van der Waals surface area contributed by atoms with E-state index in [0.717, 1.165) is 21.3 Å². The van der Waals surface area contributed by atoms with Crippen molar-refractivity contribution in [1.82, 2.24) is 9.88 Å². The highest BCUT2D eigenvalue weighted by Gasteiger charge is 2.38. The van der Waals surface area contributed by atoms with Crippen LogP contribution in [-0.4, -0.2) is 43.3 Å². The molecule has 0 atom stereocenters. The number of carbonyl (C=O) groups excluding carboxylic acids is 2. The van der Waals surface area contributed by atoms with Gasteiger partial charge in [-0.05, 0) is 42.0 Å². The SMILES string of the molecule is O=C1c2cccnc2C(=O)N1Cc1ccc(F)cc1S(=O)(=O)N1CCOc2ccccc21. The molecule has 8 nitrogen and oxygen atoms in total. The molecule has 2 aliphatic heterocycles. The van der Waals surface area contributed by atoms with Crippen LogP contribution in [-0.2, 0) is 16.6 Å². The molecule has 2 aliphatic rings. The van der Waals surface area contributed by atoms with E-state index < -0.39 is 27.7 Å². The average Bonchev–Trinajstić information content (AvgIpc) is 3.04. The number of hydrogen-bond acceptors (Lipinski definition) is 6. The van der Waals surface area contributed by atoms with Crippen molar-refractivity contribution in [3.63, 3.8) is 0 Å². The fourth-order valence-corrected chi connectivity index (χ4v) is 5.53. The molecule has 2 amide bonds. The van der Waals surface area contributed by atoms with Gasteiger partial charge in [-0.1, -0.05) is 18.2 Å². The average molecular weight is 453 g/mol. The summed E-state index contributed by atoms with van der Waals surface area (Å²) in [7, 11) is -4.22. The zero-order valence-corrected chi connectivity index (χ0v) is 17.4. The van der Waals surface area contributed by atoms with Gasteiger partial charge in [0.25, 0.3) is 21.8 Å². The van der Waals surface area contributed by atoms with Gasteiger partial charge in [-0.2, -0.15) is 0 Å². The molecule has 10 heteroatoms. The first-order valence-electron chi connectivity index (χ1n) is 9.72. The van der Waals surface area contributed by atoms with Crippen LogP contribution < -0.4 is 9.04 Å². The van der Waals surface area contributed by atoms with Crippen molar-refractivity contribution < 1.29 is 27.1 Å². The number of para-hydroxylation sites is 2. The number of hydrogen-bond donors (Lipinski definition) is 0. The number of pyridine rings is 1. The van der Waals surface area contributed by atoms with Crippen molar-refractivity contribution in [3.05, 3.63) is 83.4 Å². The number of fused-ring (bicyclic) bond motifs is 2. The Morgan fingerprint density at radius 2 is 1.84 bits per heavy atom. The second kappa shape index (κ2) is 7.41. The van der Waals surface area contributed by atoms with Gasteiger partial charge >= 0.3 is 0 Å². The van der Waals surface area contributed by atoms with Crippen LogP contribution in [0.5, 0.6) is 5.75 Å². The van der Waals surface area contributed by atoms with Gasteiger partial charge < -0.3 is 4.74 Å². The maximum absolute atomic E-state index is 14.2. The molecule has 1 aromatic heterocycles. The second-order valence-corrected chi connectivity index (χ2v) is 9.07. The van der Waals surface area contributed by atoms with Crippen LogP contribution in [0.3, 0.4) is 0 Å². The van der Waals surface area contributed by atoms with E-state index in [0.29, 0.717) is 11.4 Å². The summed E-state index contributed by atoms with van der Waals surface area (Å²) in [6, 6.07) is 12.9. The summed E-state index contributed by atoms with van der Waals surface area (Å²) in [4.78, 5) is 30.0. The van der Waals surface area contributed by atoms with E-state index in [9.17, 15) is 22.4 Å². The van der Waals surface area contributed by atoms with Crippen molar-refractivity contribution in [2.45, 2.75) is 11.4 Å². The van der Waals surface area contributed by atoms with E-state index in [4.69, 9.17) is 4.74 Å². The molecule has 2 aromatic carbocycles. The number of imide groups is 1. The van der Waals surface area contributed by atoms with Crippen molar-refractivity contribution in [3.8, 4) is 5.75 Å². The fourth-order valence-electron chi connectivity index (χ4n) is 3.84. The van der Waals surface area contributed by atoms with Gasteiger partial charge in [0.1, 0.15) is 23.9 Å². The lowest BCUT2D eigenvalue weighted by Crippen LogP contribution is -2.39. The molecule has 0 bridgehead atoms. The first-order valence-corrected chi connectivity index (χ1v) is 11.2.